The van der Waals surface area contributed by atoms with Gasteiger partial charge in [-0.3, -0.25) is 4.79 Å². The highest BCUT2D eigenvalue weighted by atomic mass is 79.9. The average Bonchev–Trinajstić information content (AvgIpc) is 2.59. The normalized spacial score (nSPS) is 11.1. The molecule has 0 fully saturated rings. The SMILES string of the molecule is CC(C)(C)N(Cc1ccccc1)C(=O)COC(=O)c1cc(Br)ccc1F. The number of ether oxygens (including phenoxy) is 1. The van der Waals surface area contributed by atoms with E-state index < -0.39 is 23.9 Å². The summed E-state index contributed by atoms with van der Waals surface area (Å²) in [6, 6.07) is 13.5. The third-order valence-electron chi connectivity index (χ3n) is 3.77. The van der Waals surface area contributed by atoms with Crippen molar-refractivity contribution in [3.8, 4) is 0 Å². The highest BCUT2D eigenvalue weighted by molar-refractivity contribution is 9.10. The maximum atomic E-state index is 13.8. The predicted octanol–water partition coefficient (Wildman–Crippen LogP) is 4.57. The summed E-state index contributed by atoms with van der Waals surface area (Å²) in [4.78, 5) is 26.4. The number of halogens is 2. The molecule has 0 aliphatic heterocycles. The molecular weight excluding hydrogens is 401 g/mol. The van der Waals surface area contributed by atoms with Crippen molar-refractivity contribution < 1.29 is 18.7 Å². The van der Waals surface area contributed by atoms with Crippen molar-refractivity contribution >= 4 is 27.8 Å². The van der Waals surface area contributed by atoms with Crippen LogP contribution >= 0.6 is 15.9 Å². The molecule has 2 aromatic carbocycles. The molecule has 2 aromatic rings. The van der Waals surface area contributed by atoms with Crippen LogP contribution in [0.25, 0.3) is 0 Å². The molecule has 138 valence electrons. The number of esters is 1. The van der Waals surface area contributed by atoms with E-state index >= 15 is 0 Å². The molecule has 0 bridgehead atoms. The number of amides is 1. The van der Waals surface area contributed by atoms with Crippen LogP contribution in [0.15, 0.2) is 53.0 Å². The van der Waals surface area contributed by atoms with Crippen molar-refractivity contribution in [2.24, 2.45) is 0 Å². The Bertz CT molecular complexity index is 787. The van der Waals surface area contributed by atoms with Gasteiger partial charge in [0.15, 0.2) is 6.61 Å². The fraction of sp³-hybridized carbons (Fsp3) is 0.300. The van der Waals surface area contributed by atoms with E-state index in [1.807, 2.05) is 51.1 Å². The molecule has 0 saturated heterocycles. The first-order valence-electron chi connectivity index (χ1n) is 8.15. The smallest absolute Gasteiger partial charge is 0.341 e. The zero-order valence-corrected chi connectivity index (χ0v) is 16.5. The highest BCUT2D eigenvalue weighted by Gasteiger charge is 2.27. The van der Waals surface area contributed by atoms with E-state index in [0.717, 1.165) is 5.56 Å². The Morgan fingerprint density at radius 2 is 1.77 bits per heavy atom. The van der Waals surface area contributed by atoms with Crippen molar-refractivity contribution in [2.45, 2.75) is 32.9 Å². The van der Waals surface area contributed by atoms with Crippen molar-refractivity contribution in [3.05, 3.63) is 69.9 Å². The summed E-state index contributed by atoms with van der Waals surface area (Å²) in [5.41, 5.74) is 0.304. The van der Waals surface area contributed by atoms with Crippen LogP contribution in [-0.2, 0) is 16.1 Å². The minimum Gasteiger partial charge on any atom is -0.452 e. The van der Waals surface area contributed by atoms with Gasteiger partial charge in [-0.15, -0.1) is 0 Å². The number of benzene rings is 2. The molecule has 0 aromatic heterocycles. The minimum atomic E-state index is -0.870. The third-order valence-corrected chi connectivity index (χ3v) is 4.26. The number of hydrogen-bond acceptors (Lipinski definition) is 3. The van der Waals surface area contributed by atoms with Gasteiger partial charge in [0.1, 0.15) is 5.82 Å². The van der Waals surface area contributed by atoms with Crippen LogP contribution < -0.4 is 0 Å². The molecule has 0 saturated carbocycles. The molecule has 1 amide bonds. The summed E-state index contributed by atoms with van der Waals surface area (Å²) in [7, 11) is 0. The number of nitrogens with zero attached hydrogens (tertiary/aromatic N) is 1. The van der Waals surface area contributed by atoms with Gasteiger partial charge in [0.2, 0.25) is 0 Å². The zero-order valence-electron chi connectivity index (χ0n) is 15.0. The van der Waals surface area contributed by atoms with Crippen LogP contribution in [0.1, 0.15) is 36.7 Å². The molecule has 0 radical (unpaired) electrons. The van der Waals surface area contributed by atoms with E-state index in [2.05, 4.69) is 15.9 Å². The monoisotopic (exact) mass is 421 g/mol. The fourth-order valence-electron chi connectivity index (χ4n) is 2.40. The highest BCUT2D eigenvalue weighted by Crippen LogP contribution is 2.19. The molecular formula is C20H21BrFNO3. The van der Waals surface area contributed by atoms with Gasteiger partial charge in [-0.2, -0.15) is 0 Å². The largest absolute Gasteiger partial charge is 0.452 e. The molecule has 0 unspecified atom stereocenters. The van der Waals surface area contributed by atoms with Gasteiger partial charge in [-0.25, -0.2) is 9.18 Å². The lowest BCUT2D eigenvalue weighted by molar-refractivity contribution is -0.140. The Morgan fingerprint density at radius 3 is 2.38 bits per heavy atom. The summed E-state index contributed by atoms with van der Waals surface area (Å²) in [6.07, 6.45) is 0. The lowest BCUT2D eigenvalue weighted by Gasteiger charge is -2.35. The van der Waals surface area contributed by atoms with E-state index in [1.54, 1.807) is 4.90 Å². The lowest BCUT2D eigenvalue weighted by atomic mass is 10.0. The van der Waals surface area contributed by atoms with Crippen LogP contribution in [0.3, 0.4) is 0 Å². The Morgan fingerprint density at radius 1 is 1.12 bits per heavy atom. The van der Waals surface area contributed by atoms with Gasteiger partial charge in [0.05, 0.1) is 5.56 Å². The lowest BCUT2D eigenvalue weighted by Crippen LogP contribution is -2.46. The van der Waals surface area contributed by atoms with Gasteiger partial charge in [-0.1, -0.05) is 46.3 Å². The summed E-state index contributed by atoms with van der Waals surface area (Å²) < 4.78 is 19.4. The fourth-order valence-corrected chi connectivity index (χ4v) is 2.76. The van der Waals surface area contributed by atoms with Gasteiger partial charge < -0.3 is 9.64 Å². The van der Waals surface area contributed by atoms with Gasteiger partial charge in [0, 0.05) is 16.6 Å². The Labute approximate surface area is 161 Å². The van der Waals surface area contributed by atoms with Crippen LogP contribution in [0, 0.1) is 5.82 Å². The van der Waals surface area contributed by atoms with E-state index in [9.17, 15) is 14.0 Å². The van der Waals surface area contributed by atoms with Crippen molar-refractivity contribution in [2.75, 3.05) is 6.61 Å². The summed E-state index contributed by atoms with van der Waals surface area (Å²) in [6.45, 7) is 5.66. The van der Waals surface area contributed by atoms with Gasteiger partial charge in [0.25, 0.3) is 5.91 Å². The molecule has 0 aliphatic rings. The molecule has 0 atom stereocenters. The van der Waals surface area contributed by atoms with Crippen LogP contribution in [0.4, 0.5) is 4.39 Å². The molecule has 2 rings (SSSR count). The molecule has 0 heterocycles. The van der Waals surface area contributed by atoms with Crippen LogP contribution in [0.5, 0.6) is 0 Å². The average molecular weight is 422 g/mol. The Hall–Kier alpha value is -2.21. The topological polar surface area (TPSA) is 46.6 Å². The minimum absolute atomic E-state index is 0.211. The predicted molar refractivity (Wildman–Crippen MR) is 101 cm³/mol. The summed E-state index contributed by atoms with van der Waals surface area (Å²) in [5, 5.41) is 0. The standard InChI is InChI=1S/C20H21BrFNO3/c1-20(2,3)23(12-14-7-5-4-6-8-14)18(24)13-26-19(25)16-11-15(21)9-10-17(16)22/h4-11H,12-13H2,1-3H3. The summed E-state index contributed by atoms with van der Waals surface area (Å²) >= 11 is 3.18. The Kier molecular flexibility index (Phi) is 6.53. The maximum absolute atomic E-state index is 13.8. The van der Waals surface area contributed by atoms with Crippen molar-refractivity contribution in [1.29, 1.82) is 0 Å². The van der Waals surface area contributed by atoms with Crippen LogP contribution in [-0.4, -0.2) is 28.9 Å². The van der Waals surface area contributed by atoms with Gasteiger partial charge in [-0.05, 0) is 44.5 Å². The molecule has 4 nitrogen and oxygen atoms in total. The molecule has 0 aliphatic carbocycles. The molecule has 0 N–H and O–H groups in total. The second kappa shape index (κ2) is 8.45. The number of carbonyl (C=O) groups is 2. The van der Waals surface area contributed by atoms with E-state index in [0.29, 0.717) is 11.0 Å². The summed E-state index contributed by atoms with van der Waals surface area (Å²) in [5.74, 6) is -1.90. The number of hydrogen-bond donors (Lipinski definition) is 0. The first-order chi connectivity index (χ1) is 12.2. The maximum Gasteiger partial charge on any atom is 0.341 e. The molecule has 6 heteroatoms. The van der Waals surface area contributed by atoms with Gasteiger partial charge >= 0.3 is 5.97 Å². The van der Waals surface area contributed by atoms with Crippen molar-refractivity contribution in [3.63, 3.8) is 0 Å². The Balaban J connectivity index is 2.07. The van der Waals surface area contributed by atoms with E-state index in [-0.39, 0.29) is 11.5 Å². The quantitative estimate of drug-likeness (QED) is 0.664. The molecule has 0 spiro atoms. The molecule has 26 heavy (non-hydrogen) atoms. The van der Waals surface area contributed by atoms with Crippen molar-refractivity contribution in [1.82, 2.24) is 4.90 Å². The zero-order chi connectivity index (χ0) is 19.3. The van der Waals surface area contributed by atoms with E-state index in [4.69, 9.17) is 4.74 Å². The third kappa shape index (κ3) is 5.39. The second-order valence-electron chi connectivity index (χ2n) is 6.84. The number of carbonyl (C=O) groups excluding carboxylic acids is 2. The van der Waals surface area contributed by atoms with Crippen LogP contribution in [0.2, 0.25) is 0 Å². The number of rotatable bonds is 5. The first kappa shape index (κ1) is 20.1. The van der Waals surface area contributed by atoms with E-state index in [1.165, 1.54) is 18.2 Å². The second-order valence-corrected chi connectivity index (χ2v) is 7.75. The first-order valence-corrected chi connectivity index (χ1v) is 8.94.